The number of hydrogen-bond donors (Lipinski definition) is 1. The smallest absolute Gasteiger partial charge is 0.0729 e. The number of alkyl halides is 1. The molecular weight excluding hydrogens is 277 g/mol. The summed E-state index contributed by atoms with van der Waals surface area (Å²) in [5.74, 6) is 0.542. The Bertz CT molecular complexity index is 233. The summed E-state index contributed by atoms with van der Waals surface area (Å²) in [4.78, 5) is 0. The van der Waals surface area contributed by atoms with Crippen LogP contribution in [-0.2, 0) is 0 Å². The van der Waals surface area contributed by atoms with Crippen molar-refractivity contribution in [1.29, 1.82) is 0 Å². The molecule has 3 heteroatoms. The molecule has 0 aliphatic heterocycles. The van der Waals surface area contributed by atoms with E-state index in [9.17, 15) is 0 Å². The van der Waals surface area contributed by atoms with Crippen LogP contribution in [0.3, 0.4) is 0 Å². The average Bonchev–Trinajstić information content (AvgIpc) is 2.01. The second kappa shape index (κ2) is 3.41. The minimum atomic E-state index is 0.00819. The quantitative estimate of drug-likeness (QED) is 0.316. The molecule has 1 N–H and O–H groups in total. The highest BCUT2D eigenvalue weighted by molar-refractivity contribution is 14.1. The van der Waals surface area contributed by atoms with Gasteiger partial charge in [0.1, 0.15) is 0 Å². The van der Waals surface area contributed by atoms with Gasteiger partial charge in [-0.1, -0.05) is 48.5 Å². The lowest BCUT2D eigenvalue weighted by molar-refractivity contribution is 0.179. The molecule has 0 bridgehead atoms. The van der Waals surface area contributed by atoms with Gasteiger partial charge in [-0.25, -0.2) is 0 Å². The highest BCUT2D eigenvalue weighted by Crippen LogP contribution is 2.48. The molecule has 0 radical (unpaired) electrons. The van der Waals surface area contributed by atoms with Gasteiger partial charge in [0, 0.05) is 0 Å². The third-order valence-electron chi connectivity index (χ3n) is 3.68. The van der Waals surface area contributed by atoms with Crippen molar-refractivity contribution in [2.45, 2.75) is 44.0 Å². The summed E-state index contributed by atoms with van der Waals surface area (Å²) in [7, 11) is 0. The van der Waals surface area contributed by atoms with Gasteiger partial charge in [-0.2, -0.15) is 0 Å². The van der Waals surface area contributed by atoms with Crippen LogP contribution < -0.4 is 0 Å². The number of hydrogen-bond acceptors (Lipinski definition) is 2. The van der Waals surface area contributed by atoms with E-state index in [4.69, 9.17) is 5.21 Å². The van der Waals surface area contributed by atoms with Crippen LogP contribution >= 0.6 is 22.6 Å². The van der Waals surface area contributed by atoms with E-state index < -0.39 is 0 Å². The Balaban J connectivity index is 2.99. The number of nitrogens with zero attached hydrogens (tertiary/aromatic N) is 1. The molecule has 0 aromatic carbocycles. The molecule has 1 rings (SSSR count). The molecule has 0 saturated heterocycles. The van der Waals surface area contributed by atoms with E-state index >= 15 is 0 Å². The molecule has 1 aliphatic carbocycles. The molecule has 2 nitrogen and oxygen atoms in total. The lowest BCUT2D eigenvalue weighted by Gasteiger charge is -2.46. The second-order valence-corrected chi connectivity index (χ2v) is 7.07. The summed E-state index contributed by atoms with van der Waals surface area (Å²) < 4.78 is 0.00819. The first-order valence-corrected chi connectivity index (χ1v) is 5.80. The van der Waals surface area contributed by atoms with Gasteiger partial charge in [0.2, 0.25) is 0 Å². The minimum absolute atomic E-state index is 0.00819. The minimum Gasteiger partial charge on any atom is -0.411 e. The van der Waals surface area contributed by atoms with Crippen molar-refractivity contribution >= 4 is 28.3 Å². The molecule has 0 heterocycles. The van der Waals surface area contributed by atoms with Crippen LogP contribution in [-0.4, -0.2) is 14.3 Å². The van der Waals surface area contributed by atoms with Gasteiger partial charge in [0.15, 0.2) is 0 Å². The number of halogens is 1. The molecule has 2 atom stereocenters. The molecule has 0 amide bonds. The third-order valence-corrected chi connectivity index (χ3v) is 5.23. The fraction of sp³-hybridized carbons (Fsp3) is 0.900. The maximum atomic E-state index is 8.90. The predicted octanol–water partition coefficient (Wildman–Crippen LogP) is 3.47. The average molecular weight is 295 g/mol. The van der Waals surface area contributed by atoms with Crippen LogP contribution in [0.2, 0.25) is 0 Å². The van der Waals surface area contributed by atoms with Crippen LogP contribution in [0.1, 0.15) is 40.5 Å². The van der Waals surface area contributed by atoms with Crippen molar-refractivity contribution in [2.75, 3.05) is 0 Å². The zero-order chi connectivity index (χ0) is 10.3. The van der Waals surface area contributed by atoms with Crippen molar-refractivity contribution < 1.29 is 5.21 Å². The Labute approximate surface area is 93.9 Å². The zero-order valence-corrected chi connectivity index (χ0v) is 10.9. The molecule has 0 aromatic heterocycles. The first-order chi connectivity index (χ1) is 5.82. The predicted molar refractivity (Wildman–Crippen MR) is 63.8 cm³/mol. The highest BCUT2D eigenvalue weighted by atomic mass is 127. The molecule has 1 saturated carbocycles. The topological polar surface area (TPSA) is 32.6 Å². The largest absolute Gasteiger partial charge is 0.411 e. The third kappa shape index (κ3) is 1.85. The van der Waals surface area contributed by atoms with Gasteiger partial charge in [0.25, 0.3) is 0 Å². The maximum Gasteiger partial charge on any atom is 0.0729 e. The van der Waals surface area contributed by atoms with Crippen molar-refractivity contribution in [3.8, 4) is 0 Å². The van der Waals surface area contributed by atoms with Crippen LogP contribution in [0.5, 0.6) is 0 Å². The Kier molecular flexibility index (Phi) is 2.95. The Morgan fingerprint density at radius 2 is 2.00 bits per heavy atom. The second-order valence-electron chi connectivity index (χ2n) is 4.83. The van der Waals surface area contributed by atoms with Crippen molar-refractivity contribution in [3.63, 3.8) is 0 Å². The standard InChI is InChI=1S/C10H18INO/c1-7-9(2,3)6-5-8(12-13)10(7,4)11/h7,13H,5-6H2,1-4H3/b12-8+. The lowest BCUT2D eigenvalue weighted by Crippen LogP contribution is -2.47. The summed E-state index contributed by atoms with van der Waals surface area (Å²) in [6, 6.07) is 0. The Morgan fingerprint density at radius 1 is 1.46 bits per heavy atom. The van der Waals surface area contributed by atoms with Gasteiger partial charge >= 0.3 is 0 Å². The van der Waals surface area contributed by atoms with E-state index in [0.29, 0.717) is 11.3 Å². The van der Waals surface area contributed by atoms with Gasteiger partial charge in [0.05, 0.1) is 9.13 Å². The lowest BCUT2D eigenvalue weighted by atomic mass is 9.64. The normalized spacial score (nSPS) is 42.2. The highest BCUT2D eigenvalue weighted by Gasteiger charge is 2.46. The fourth-order valence-electron chi connectivity index (χ4n) is 2.03. The molecule has 13 heavy (non-hydrogen) atoms. The van der Waals surface area contributed by atoms with Gasteiger partial charge in [-0.15, -0.1) is 0 Å². The van der Waals surface area contributed by atoms with Crippen molar-refractivity contribution in [2.24, 2.45) is 16.5 Å². The van der Waals surface area contributed by atoms with Gasteiger partial charge < -0.3 is 5.21 Å². The van der Waals surface area contributed by atoms with Crippen molar-refractivity contribution in [1.82, 2.24) is 0 Å². The van der Waals surface area contributed by atoms with Gasteiger partial charge in [-0.3, -0.25) is 0 Å². The monoisotopic (exact) mass is 295 g/mol. The first kappa shape index (κ1) is 11.3. The van der Waals surface area contributed by atoms with Crippen LogP contribution in [0.4, 0.5) is 0 Å². The molecular formula is C10H18INO. The summed E-state index contributed by atoms with van der Waals surface area (Å²) in [5.41, 5.74) is 1.30. The SMILES string of the molecule is CC1C(C)(C)CC/C(=N\O)C1(C)I. The van der Waals surface area contributed by atoms with Crippen LogP contribution in [0.15, 0.2) is 5.16 Å². The first-order valence-electron chi connectivity index (χ1n) is 4.72. The van der Waals surface area contributed by atoms with E-state index in [1.807, 2.05) is 0 Å². The zero-order valence-electron chi connectivity index (χ0n) is 8.76. The molecule has 0 spiro atoms. The number of rotatable bonds is 0. The Morgan fingerprint density at radius 3 is 2.46 bits per heavy atom. The van der Waals surface area contributed by atoms with E-state index in [1.54, 1.807) is 0 Å². The summed E-state index contributed by atoms with van der Waals surface area (Å²) in [5, 5.41) is 12.3. The van der Waals surface area contributed by atoms with Crippen LogP contribution in [0.25, 0.3) is 0 Å². The van der Waals surface area contributed by atoms with E-state index in [0.717, 1.165) is 18.6 Å². The molecule has 76 valence electrons. The fourth-order valence-corrected chi connectivity index (χ4v) is 3.25. The number of oxime groups is 1. The summed E-state index contributed by atoms with van der Waals surface area (Å²) in [6.45, 7) is 9.00. The Hall–Kier alpha value is 0.200. The van der Waals surface area contributed by atoms with Crippen LogP contribution in [0, 0.1) is 11.3 Å². The molecule has 0 aromatic rings. The molecule has 1 fully saturated rings. The van der Waals surface area contributed by atoms with E-state index in [-0.39, 0.29) is 3.42 Å². The van der Waals surface area contributed by atoms with E-state index in [2.05, 4.69) is 55.4 Å². The van der Waals surface area contributed by atoms with E-state index in [1.165, 1.54) is 0 Å². The molecule has 2 unspecified atom stereocenters. The van der Waals surface area contributed by atoms with Crippen molar-refractivity contribution in [3.05, 3.63) is 0 Å². The maximum absolute atomic E-state index is 8.90. The summed E-state index contributed by atoms with van der Waals surface area (Å²) in [6.07, 6.45) is 2.04. The summed E-state index contributed by atoms with van der Waals surface area (Å²) >= 11 is 2.41. The molecule has 1 aliphatic rings. The van der Waals surface area contributed by atoms with Gasteiger partial charge in [-0.05, 0) is 31.1 Å².